The van der Waals surface area contributed by atoms with Crippen LogP contribution in [-0.2, 0) is 4.79 Å². The van der Waals surface area contributed by atoms with Crippen molar-refractivity contribution in [1.29, 1.82) is 0 Å². The largest absolute Gasteiger partial charge is 0.376 e. The van der Waals surface area contributed by atoms with Crippen LogP contribution in [0.25, 0.3) is 0 Å². The Hall–Kier alpha value is -2.73. The van der Waals surface area contributed by atoms with Crippen molar-refractivity contribution >= 4 is 63.7 Å². The fourth-order valence-corrected chi connectivity index (χ4v) is 3.09. The number of benzene rings is 3. The zero-order valence-corrected chi connectivity index (χ0v) is 17.3. The Kier molecular flexibility index (Phi) is 6.99. The average Bonchev–Trinajstić information content (AvgIpc) is 2.71. The number of halogens is 3. The first kappa shape index (κ1) is 21.0. The molecule has 0 spiro atoms. The second kappa shape index (κ2) is 9.65. The Bertz CT molecular complexity index is 1040. The number of hydrogen-bond donors (Lipinski definition) is 3. The summed E-state index contributed by atoms with van der Waals surface area (Å²) >= 11 is 17.9. The lowest BCUT2D eigenvalue weighted by Crippen LogP contribution is -2.22. The molecule has 0 aliphatic rings. The highest BCUT2D eigenvalue weighted by Gasteiger charge is 2.10. The Labute approximate surface area is 183 Å². The van der Waals surface area contributed by atoms with Crippen molar-refractivity contribution in [3.05, 3.63) is 87.4 Å². The predicted molar refractivity (Wildman–Crippen MR) is 119 cm³/mol. The second-order valence-corrected chi connectivity index (χ2v) is 7.27. The van der Waals surface area contributed by atoms with E-state index in [9.17, 15) is 9.59 Å². The van der Waals surface area contributed by atoms with Gasteiger partial charge in [0.15, 0.2) is 0 Å². The normalized spacial score (nSPS) is 10.3. The minimum Gasteiger partial charge on any atom is -0.376 e. The van der Waals surface area contributed by atoms with Crippen LogP contribution in [0.5, 0.6) is 0 Å². The van der Waals surface area contributed by atoms with Crippen molar-refractivity contribution < 1.29 is 9.59 Å². The van der Waals surface area contributed by atoms with E-state index in [1.54, 1.807) is 48.5 Å². The van der Waals surface area contributed by atoms with Crippen molar-refractivity contribution in [3.8, 4) is 0 Å². The van der Waals surface area contributed by atoms with E-state index in [0.29, 0.717) is 37.7 Å². The van der Waals surface area contributed by atoms with Crippen LogP contribution in [0.3, 0.4) is 0 Å². The molecule has 0 aliphatic heterocycles. The summed E-state index contributed by atoms with van der Waals surface area (Å²) in [6.07, 6.45) is 0. The van der Waals surface area contributed by atoms with Gasteiger partial charge in [-0.15, -0.1) is 0 Å². The van der Waals surface area contributed by atoms with E-state index in [1.165, 1.54) is 12.1 Å². The van der Waals surface area contributed by atoms with Crippen molar-refractivity contribution in [1.82, 2.24) is 0 Å². The molecule has 0 heterocycles. The number of rotatable bonds is 6. The first-order valence-corrected chi connectivity index (χ1v) is 9.70. The summed E-state index contributed by atoms with van der Waals surface area (Å²) in [5.41, 5.74) is 2.21. The summed E-state index contributed by atoms with van der Waals surface area (Å²) in [5.74, 6) is -0.529. The zero-order valence-electron chi connectivity index (χ0n) is 15.0. The van der Waals surface area contributed by atoms with E-state index >= 15 is 0 Å². The lowest BCUT2D eigenvalue weighted by molar-refractivity contribution is -0.114. The molecule has 0 aromatic heterocycles. The summed E-state index contributed by atoms with van der Waals surface area (Å²) in [4.78, 5) is 24.5. The molecule has 0 bridgehead atoms. The molecule has 5 nitrogen and oxygen atoms in total. The Morgan fingerprint density at radius 2 is 1.41 bits per heavy atom. The molecule has 2 amide bonds. The highest BCUT2D eigenvalue weighted by Crippen LogP contribution is 2.32. The van der Waals surface area contributed by atoms with E-state index in [1.807, 2.05) is 6.07 Å². The summed E-state index contributed by atoms with van der Waals surface area (Å²) < 4.78 is 0. The lowest BCUT2D eigenvalue weighted by Gasteiger charge is -2.11. The molecule has 0 saturated heterocycles. The van der Waals surface area contributed by atoms with E-state index in [0.717, 1.165) is 0 Å². The first-order chi connectivity index (χ1) is 13.9. The molecule has 148 valence electrons. The maximum Gasteiger partial charge on any atom is 0.255 e. The van der Waals surface area contributed by atoms with Crippen LogP contribution in [0, 0.1) is 0 Å². The summed E-state index contributed by atoms with van der Waals surface area (Å²) in [6.45, 7) is -0.00728. The highest BCUT2D eigenvalue weighted by atomic mass is 35.5. The maximum atomic E-state index is 12.2. The minimum atomic E-state index is -0.316. The van der Waals surface area contributed by atoms with Gasteiger partial charge in [-0.3, -0.25) is 9.59 Å². The fourth-order valence-electron chi connectivity index (χ4n) is 2.49. The van der Waals surface area contributed by atoms with Gasteiger partial charge in [-0.1, -0.05) is 59.1 Å². The molecule has 0 radical (unpaired) electrons. The third-order valence-electron chi connectivity index (χ3n) is 3.89. The molecule has 0 saturated carbocycles. The average molecular weight is 449 g/mol. The summed E-state index contributed by atoms with van der Waals surface area (Å²) in [6, 6.07) is 18.9. The molecule has 3 rings (SSSR count). The van der Waals surface area contributed by atoms with Gasteiger partial charge in [0.1, 0.15) is 0 Å². The molecule has 29 heavy (non-hydrogen) atoms. The Balaban J connectivity index is 1.58. The third kappa shape index (κ3) is 5.87. The minimum absolute atomic E-state index is 0.00728. The summed E-state index contributed by atoms with van der Waals surface area (Å²) in [5, 5.41) is 9.38. The Morgan fingerprint density at radius 1 is 0.724 bits per heavy atom. The van der Waals surface area contributed by atoms with Gasteiger partial charge in [-0.2, -0.15) is 0 Å². The predicted octanol–water partition coefficient (Wildman–Crippen LogP) is 5.95. The number of amides is 2. The van der Waals surface area contributed by atoms with E-state index < -0.39 is 0 Å². The van der Waals surface area contributed by atoms with Gasteiger partial charge >= 0.3 is 0 Å². The van der Waals surface area contributed by atoms with Crippen molar-refractivity contribution in [2.24, 2.45) is 0 Å². The maximum absolute atomic E-state index is 12.2. The quantitative estimate of drug-likeness (QED) is 0.408. The van der Waals surface area contributed by atoms with E-state index in [2.05, 4.69) is 16.0 Å². The van der Waals surface area contributed by atoms with Gasteiger partial charge < -0.3 is 16.0 Å². The molecule has 0 fully saturated rings. The molecule has 8 heteroatoms. The van der Waals surface area contributed by atoms with Gasteiger partial charge in [0.2, 0.25) is 5.91 Å². The van der Waals surface area contributed by atoms with Crippen molar-refractivity contribution in [2.75, 3.05) is 22.5 Å². The number of hydrogen-bond acceptors (Lipinski definition) is 3. The molecule has 3 aromatic rings. The van der Waals surface area contributed by atoms with Gasteiger partial charge in [0.05, 0.1) is 27.3 Å². The first-order valence-electron chi connectivity index (χ1n) is 8.57. The van der Waals surface area contributed by atoms with Crippen LogP contribution in [0.15, 0.2) is 66.7 Å². The molecular weight excluding hydrogens is 433 g/mol. The number of carbonyl (C=O) groups excluding carboxylic acids is 2. The third-order valence-corrected chi connectivity index (χ3v) is 4.93. The molecule has 3 aromatic carbocycles. The Morgan fingerprint density at radius 3 is 2.17 bits per heavy atom. The lowest BCUT2D eigenvalue weighted by atomic mass is 10.2. The van der Waals surface area contributed by atoms with E-state index in [4.69, 9.17) is 34.8 Å². The van der Waals surface area contributed by atoms with Crippen LogP contribution in [0.1, 0.15) is 10.4 Å². The number of carbonyl (C=O) groups is 2. The smallest absolute Gasteiger partial charge is 0.255 e. The van der Waals surface area contributed by atoms with Crippen LogP contribution in [-0.4, -0.2) is 18.4 Å². The van der Waals surface area contributed by atoms with Crippen LogP contribution in [0.4, 0.5) is 17.1 Å². The van der Waals surface area contributed by atoms with Gasteiger partial charge in [-0.25, -0.2) is 0 Å². The topological polar surface area (TPSA) is 70.2 Å². The monoisotopic (exact) mass is 447 g/mol. The van der Waals surface area contributed by atoms with Crippen LogP contribution < -0.4 is 16.0 Å². The zero-order chi connectivity index (χ0) is 20.8. The van der Waals surface area contributed by atoms with Crippen molar-refractivity contribution in [2.45, 2.75) is 0 Å². The SMILES string of the molecule is O=C(CNc1cccc(NC(=O)c2ccccc2)c1)Nc1cc(Cl)c(Cl)cc1Cl. The fraction of sp³-hybridized carbons (Fsp3) is 0.0476. The van der Waals surface area contributed by atoms with Gasteiger partial charge in [0, 0.05) is 16.9 Å². The summed E-state index contributed by atoms with van der Waals surface area (Å²) in [7, 11) is 0. The molecule has 0 unspecified atom stereocenters. The molecular formula is C21H16Cl3N3O2. The number of nitrogens with one attached hydrogen (secondary N) is 3. The van der Waals surface area contributed by atoms with Crippen molar-refractivity contribution in [3.63, 3.8) is 0 Å². The second-order valence-electron chi connectivity index (χ2n) is 6.05. The highest BCUT2D eigenvalue weighted by molar-refractivity contribution is 6.44. The molecule has 0 aliphatic carbocycles. The molecule has 0 atom stereocenters. The van der Waals surface area contributed by atoms with E-state index in [-0.39, 0.29) is 18.4 Å². The van der Waals surface area contributed by atoms with Crippen LogP contribution in [0.2, 0.25) is 15.1 Å². The van der Waals surface area contributed by atoms with Gasteiger partial charge in [0.25, 0.3) is 5.91 Å². The van der Waals surface area contributed by atoms with Crippen LogP contribution >= 0.6 is 34.8 Å². The van der Waals surface area contributed by atoms with Gasteiger partial charge in [-0.05, 0) is 42.5 Å². The number of anilines is 3. The standard InChI is InChI=1S/C21H16Cl3N3O2/c22-16-10-18(24)19(11-17(16)23)27-20(28)12-25-14-7-4-8-15(9-14)26-21(29)13-5-2-1-3-6-13/h1-11,25H,12H2,(H,26,29)(H,27,28). The molecule has 3 N–H and O–H groups in total.